The lowest BCUT2D eigenvalue weighted by atomic mass is 10.0. The van der Waals surface area contributed by atoms with E-state index in [1.54, 1.807) is 0 Å². The minimum Gasteiger partial charge on any atom is -0.484 e. The molecule has 1 amide bonds. The van der Waals surface area contributed by atoms with E-state index >= 15 is 0 Å². The van der Waals surface area contributed by atoms with Gasteiger partial charge in [-0.2, -0.15) is 0 Å². The third-order valence-corrected chi connectivity index (χ3v) is 6.62. The van der Waals surface area contributed by atoms with Crippen molar-refractivity contribution in [2.45, 2.75) is 13.0 Å². The van der Waals surface area contributed by atoms with E-state index in [0.29, 0.717) is 12.3 Å². The van der Waals surface area contributed by atoms with Crippen LogP contribution in [0.1, 0.15) is 17.2 Å². The van der Waals surface area contributed by atoms with Gasteiger partial charge in [0.25, 0.3) is 5.91 Å². The van der Waals surface area contributed by atoms with Gasteiger partial charge < -0.3 is 19.9 Å². The van der Waals surface area contributed by atoms with Crippen LogP contribution < -0.4 is 19.9 Å². The molecule has 0 unspecified atom stereocenters. The Labute approximate surface area is 213 Å². The topological polar surface area (TPSA) is 48.1 Å². The zero-order valence-corrected chi connectivity index (χ0v) is 21.3. The predicted octanol–water partition coefficient (Wildman–Crippen LogP) is 4.26. The summed E-state index contributed by atoms with van der Waals surface area (Å²) in [5.41, 5.74) is 4.48. The summed E-state index contributed by atoms with van der Waals surface area (Å²) >= 11 is 0. The van der Waals surface area contributed by atoms with Crippen molar-refractivity contribution < 1.29 is 13.9 Å². The van der Waals surface area contributed by atoms with Crippen molar-refractivity contribution in [3.8, 4) is 5.75 Å². The van der Waals surface area contributed by atoms with Crippen LogP contribution >= 0.6 is 0 Å². The molecule has 36 heavy (non-hydrogen) atoms. The quantitative estimate of drug-likeness (QED) is 0.486. The summed E-state index contributed by atoms with van der Waals surface area (Å²) in [6.07, 6.45) is 0. The van der Waals surface area contributed by atoms with Crippen LogP contribution in [0.3, 0.4) is 0 Å². The van der Waals surface area contributed by atoms with Crippen molar-refractivity contribution in [3.63, 3.8) is 0 Å². The second-order valence-electron chi connectivity index (χ2n) is 9.41. The molecule has 7 heteroatoms. The van der Waals surface area contributed by atoms with E-state index in [-0.39, 0.29) is 24.4 Å². The van der Waals surface area contributed by atoms with Gasteiger partial charge >= 0.3 is 0 Å². The second kappa shape index (κ2) is 11.9. The number of aryl methyl sites for hydroxylation is 1. The average Bonchev–Trinajstić information content (AvgIpc) is 2.89. The van der Waals surface area contributed by atoms with E-state index in [1.165, 1.54) is 12.1 Å². The summed E-state index contributed by atoms with van der Waals surface area (Å²) in [6.45, 7) is 5.84. The average molecular weight is 491 g/mol. The SMILES string of the molecule is Cc1ccc(OCC(=O)NC[C@@H](c2ccc(N(C)C)cc2)N2CCN(c3ccc(F)cc3)CC2)cc1. The van der Waals surface area contributed by atoms with E-state index < -0.39 is 0 Å². The number of rotatable bonds is 9. The molecule has 0 spiro atoms. The maximum Gasteiger partial charge on any atom is 0.258 e. The molecule has 1 aliphatic heterocycles. The monoisotopic (exact) mass is 490 g/mol. The van der Waals surface area contributed by atoms with Crippen molar-refractivity contribution in [3.05, 3.63) is 89.7 Å². The summed E-state index contributed by atoms with van der Waals surface area (Å²) in [7, 11) is 4.05. The summed E-state index contributed by atoms with van der Waals surface area (Å²) in [5.74, 6) is 0.319. The lowest BCUT2D eigenvalue weighted by molar-refractivity contribution is -0.123. The Balaban J connectivity index is 1.39. The maximum atomic E-state index is 13.3. The summed E-state index contributed by atoms with van der Waals surface area (Å²) in [4.78, 5) is 19.4. The van der Waals surface area contributed by atoms with Crippen LogP contribution in [0.25, 0.3) is 0 Å². The largest absolute Gasteiger partial charge is 0.484 e. The number of halogens is 1. The molecule has 1 aliphatic rings. The molecule has 6 nitrogen and oxygen atoms in total. The van der Waals surface area contributed by atoms with Crippen LogP contribution in [0, 0.1) is 12.7 Å². The number of nitrogens with zero attached hydrogens (tertiary/aromatic N) is 3. The molecule has 0 saturated carbocycles. The maximum absolute atomic E-state index is 13.3. The molecule has 3 aromatic carbocycles. The van der Waals surface area contributed by atoms with E-state index in [9.17, 15) is 9.18 Å². The minimum atomic E-state index is -0.222. The molecule has 0 aliphatic carbocycles. The Kier molecular flexibility index (Phi) is 8.44. The minimum absolute atomic E-state index is 0.0201. The molecule has 1 heterocycles. The number of anilines is 2. The number of hydrogen-bond donors (Lipinski definition) is 1. The Morgan fingerprint density at radius 1 is 0.944 bits per heavy atom. The van der Waals surface area contributed by atoms with Crippen molar-refractivity contribution in [1.82, 2.24) is 10.2 Å². The van der Waals surface area contributed by atoms with E-state index in [4.69, 9.17) is 4.74 Å². The molecule has 1 saturated heterocycles. The molecular formula is C29H35FN4O2. The highest BCUT2D eigenvalue weighted by Gasteiger charge is 2.26. The van der Waals surface area contributed by atoms with Gasteiger partial charge in [0.1, 0.15) is 11.6 Å². The molecule has 3 aromatic rings. The first-order valence-electron chi connectivity index (χ1n) is 12.4. The second-order valence-corrected chi connectivity index (χ2v) is 9.41. The van der Waals surface area contributed by atoms with Gasteiger partial charge in [-0.1, -0.05) is 29.8 Å². The normalized spacial score (nSPS) is 14.8. The molecule has 4 rings (SSSR count). The smallest absolute Gasteiger partial charge is 0.258 e. The molecule has 0 aromatic heterocycles. The van der Waals surface area contributed by atoms with E-state index in [0.717, 1.165) is 48.7 Å². The first kappa shape index (κ1) is 25.5. The number of nitrogens with one attached hydrogen (secondary N) is 1. The first-order valence-corrected chi connectivity index (χ1v) is 12.4. The Morgan fingerprint density at radius 3 is 2.19 bits per heavy atom. The summed E-state index contributed by atoms with van der Waals surface area (Å²) in [5, 5.41) is 3.08. The first-order chi connectivity index (χ1) is 17.4. The van der Waals surface area contributed by atoms with Crippen LogP contribution in [0.5, 0.6) is 5.75 Å². The van der Waals surface area contributed by atoms with Crippen LogP contribution in [0.4, 0.5) is 15.8 Å². The third-order valence-electron chi connectivity index (χ3n) is 6.62. The van der Waals surface area contributed by atoms with Gasteiger partial charge in [-0.15, -0.1) is 0 Å². The zero-order chi connectivity index (χ0) is 25.5. The van der Waals surface area contributed by atoms with Gasteiger partial charge in [0, 0.05) is 58.2 Å². The van der Waals surface area contributed by atoms with Gasteiger partial charge in [-0.3, -0.25) is 9.69 Å². The Bertz CT molecular complexity index is 1110. The van der Waals surface area contributed by atoms with Crippen LogP contribution in [0.15, 0.2) is 72.8 Å². The van der Waals surface area contributed by atoms with Crippen LogP contribution in [-0.4, -0.2) is 64.2 Å². The highest BCUT2D eigenvalue weighted by Crippen LogP contribution is 2.26. The van der Waals surface area contributed by atoms with Crippen molar-refractivity contribution in [2.75, 3.05) is 63.2 Å². The fourth-order valence-corrected chi connectivity index (χ4v) is 4.44. The van der Waals surface area contributed by atoms with Gasteiger partial charge in [-0.05, 0) is 61.0 Å². The van der Waals surface area contributed by atoms with Crippen molar-refractivity contribution in [1.29, 1.82) is 0 Å². The van der Waals surface area contributed by atoms with Crippen LogP contribution in [-0.2, 0) is 4.79 Å². The number of benzene rings is 3. The molecule has 0 bridgehead atoms. The summed E-state index contributed by atoms with van der Waals surface area (Å²) < 4.78 is 19.0. The number of carbonyl (C=O) groups is 1. The standard InChI is InChI=1S/C29H35FN4O2/c1-22-4-14-27(15-5-22)36-21-29(35)31-20-28(23-6-10-25(11-7-23)32(2)3)34-18-16-33(17-19-34)26-12-8-24(30)9-13-26/h4-15,28H,16-21H2,1-3H3,(H,31,35)/t28-/m0/s1. The van der Waals surface area contributed by atoms with E-state index in [2.05, 4.69) is 44.3 Å². The highest BCUT2D eigenvalue weighted by atomic mass is 19.1. The van der Waals surface area contributed by atoms with Gasteiger partial charge in [-0.25, -0.2) is 4.39 Å². The van der Waals surface area contributed by atoms with Gasteiger partial charge in [0.05, 0.1) is 6.04 Å². The lowest BCUT2D eigenvalue weighted by Crippen LogP contribution is -2.50. The number of ether oxygens (including phenoxy) is 1. The lowest BCUT2D eigenvalue weighted by Gasteiger charge is -2.40. The van der Waals surface area contributed by atoms with Crippen molar-refractivity contribution >= 4 is 17.3 Å². The predicted molar refractivity (Wildman–Crippen MR) is 143 cm³/mol. The number of carbonyl (C=O) groups excluding carboxylic acids is 1. The Morgan fingerprint density at radius 2 is 1.58 bits per heavy atom. The molecule has 190 valence electrons. The number of hydrogen-bond acceptors (Lipinski definition) is 5. The van der Waals surface area contributed by atoms with Gasteiger partial charge in [0.2, 0.25) is 0 Å². The molecular weight excluding hydrogens is 455 g/mol. The van der Waals surface area contributed by atoms with Gasteiger partial charge in [0.15, 0.2) is 6.61 Å². The number of amides is 1. The third kappa shape index (κ3) is 6.76. The molecule has 1 fully saturated rings. The van der Waals surface area contributed by atoms with Crippen molar-refractivity contribution in [2.24, 2.45) is 0 Å². The molecule has 1 N–H and O–H groups in total. The highest BCUT2D eigenvalue weighted by molar-refractivity contribution is 5.77. The fraction of sp³-hybridized carbons (Fsp3) is 0.345. The zero-order valence-electron chi connectivity index (χ0n) is 21.3. The fourth-order valence-electron chi connectivity index (χ4n) is 4.44. The number of piperazine rings is 1. The Hall–Kier alpha value is -3.58. The van der Waals surface area contributed by atoms with Crippen LogP contribution in [0.2, 0.25) is 0 Å². The molecule has 1 atom stereocenters. The summed E-state index contributed by atoms with van der Waals surface area (Å²) in [6, 6.07) is 22.9. The molecule has 0 radical (unpaired) electrons. The van der Waals surface area contributed by atoms with E-state index in [1.807, 2.05) is 57.4 Å².